The fourth-order valence-corrected chi connectivity index (χ4v) is 3.35. The summed E-state index contributed by atoms with van der Waals surface area (Å²) >= 11 is -4.88. The van der Waals surface area contributed by atoms with Crippen molar-refractivity contribution in [2.75, 3.05) is 5.32 Å². The molecule has 0 aliphatic rings. The van der Waals surface area contributed by atoms with Crippen molar-refractivity contribution < 1.29 is 16.7 Å². The van der Waals surface area contributed by atoms with Crippen LogP contribution in [-0.2, 0) is 15.0 Å². The molecule has 23 heavy (non-hydrogen) atoms. The van der Waals surface area contributed by atoms with Crippen LogP contribution in [0.5, 0.6) is 0 Å². The molecule has 0 saturated heterocycles. The molecular formula is C17H20AsNO4. The van der Waals surface area contributed by atoms with Gasteiger partial charge in [0.05, 0.1) is 0 Å². The van der Waals surface area contributed by atoms with Gasteiger partial charge in [0.2, 0.25) is 0 Å². The summed E-state index contributed by atoms with van der Waals surface area (Å²) in [6, 6.07) is 15.5. The van der Waals surface area contributed by atoms with Crippen molar-refractivity contribution in [3.05, 3.63) is 60.2 Å². The Balaban J connectivity index is 2.07. The maximum absolute atomic E-state index is 12.5. The van der Waals surface area contributed by atoms with Crippen molar-refractivity contribution in [2.24, 2.45) is 5.41 Å². The van der Waals surface area contributed by atoms with Gasteiger partial charge in [-0.25, -0.2) is 0 Å². The molecule has 2 aromatic rings. The first-order valence-corrected chi connectivity index (χ1v) is 10.6. The van der Waals surface area contributed by atoms with Gasteiger partial charge in [0.1, 0.15) is 0 Å². The number of benzene rings is 2. The SMILES string of the molecule is CC(C)(Cc1ccccc1)C(=O)Nc1ccc([As](=O)(O)O)cc1. The van der Waals surface area contributed by atoms with Gasteiger partial charge in [-0.1, -0.05) is 0 Å². The van der Waals surface area contributed by atoms with Crippen LogP contribution in [0.15, 0.2) is 54.6 Å². The second kappa shape index (κ2) is 6.75. The molecule has 0 saturated carbocycles. The van der Waals surface area contributed by atoms with Gasteiger partial charge >= 0.3 is 138 Å². The second-order valence-electron chi connectivity index (χ2n) is 6.09. The Bertz CT molecular complexity index is 720. The number of amides is 1. The van der Waals surface area contributed by atoms with Crippen LogP contribution in [0.1, 0.15) is 19.4 Å². The molecule has 2 rings (SSSR count). The van der Waals surface area contributed by atoms with Crippen molar-refractivity contribution in [3.8, 4) is 0 Å². The third kappa shape index (κ3) is 4.83. The molecule has 0 bridgehead atoms. The summed E-state index contributed by atoms with van der Waals surface area (Å²) in [4.78, 5) is 12.5. The van der Waals surface area contributed by atoms with Crippen LogP contribution in [0.2, 0.25) is 0 Å². The summed E-state index contributed by atoms with van der Waals surface area (Å²) < 4.78 is 29.5. The summed E-state index contributed by atoms with van der Waals surface area (Å²) in [6.45, 7) is 3.73. The average Bonchev–Trinajstić information content (AvgIpc) is 2.47. The molecule has 3 N–H and O–H groups in total. The standard InChI is InChI=1S/C17H20AsNO4/c1-17(2,12-13-6-4-3-5-7-13)16(20)19-15-10-8-14(9-11-15)18(21,22)23/h3-11H,12H2,1-2H3,(H,19,20)(H2,21,22,23). The predicted octanol–water partition coefficient (Wildman–Crippen LogP) is 1.45. The predicted molar refractivity (Wildman–Crippen MR) is 89.5 cm³/mol. The first-order valence-electron chi connectivity index (χ1n) is 7.20. The molecular weight excluding hydrogens is 357 g/mol. The van der Waals surface area contributed by atoms with Gasteiger partial charge in [-0.15, -0.1) is 0 Å². The van der Waals surface area contributed by atoms with Gasteiger partial charge in [-0.2, -0.15) is 0 Å². The third-order valence-corrected chi connectivity index (χ3v) is 5.60. The summed E-state index contributed by atoms with van der Waals surface area (Å²) in [6.07, 6.45) is 0.600. The first kappa shape index (κ1) is 17.5. The number of anilines is 1. The van der Waals surface area contributed by atoms with Gasteiger partial charge in [0.25, 0.3) is 0 Å². The molecule has 0 unspecified atom stereocenters. The first-order chi connectivity index (χ1) is 10.7. The van der Waals surface area contributed by atoms with Gasteiger partial charge < -0.3 is 0 Å². The van der Waals surface area contributed by atoms with E-state index < -0.39 is 19.6 Å². The number of rotatable bonds is 5. The normalized spacial score (nSPS) is 12.0. The number of hydrogen-bond acceptors (Lipinski definition) is 2. The van der Waals surface area contributed by atoms with E-state index in [0.717, 1.165) is 5.56 Å². The van der Waals surface area contributed by atoms with Crippen molar-refractivity contribution in [1.29, 1.82) is 0 Å². The molecule has 1 amide bonds. The van der Waals surface area contributed by atoms with E-state index in [1.54, 1.807) is 0 Å². The Morgan fingerprint density at radius 2 is 1.61 bits per heavy atom. The van der Waals surface area contributed by atoms with E-state index in [4.69, 9.17) is 8.19 Å². The Labute approximate surface area is 138 Å². The zero-order valence-corrected chi connectivity index (χ0v) is 14.9. The van der Waals surface area contributed by atoms with Crippen molar-refractivity contribution >= 4 is 30.1 Å². The molecule has 0 aliphatic heterocycles. The van der Waals surface area contributed by atoms with Crippen LogP contribution in [-0.4, -0.2) is 28.3 Å². The third-order valence-electron chi connectivity index (χ3n) is 3.57. The van der Waals surface area contributed by atoms with Crippen LogP contribution in [0.3, 0.4) is 0 Å². The van der Waals surface area contributed by atoms with E-state index in [9.17, 15) is 8.53 Å². The summed E-state index contributed by atoms with van der Waals surface area (Å²) in [5, 5.41) is 2.80. The topological polar surface area (TPSA) is 86.6 Å². The van der Waals surface area contributed by atoms with E-state index in [2.05, 4.69) is 5.32 Å². The van der Waals surface area contributed by atoms with Crippen molar-refractivity contribution in [2.45, 2.75) is 20.3 Å². The molecule has 0 aliphatic carbocycles. The number of carbonyl (C=O) groups excluding carboxylic acids is 1. The van der Waals surface area contributed by atoms with E-state index in [0.29, 0.717) is 12.1 Å². The molecule has 0 fully saturated rings. The van der Waals surface area contributed by atoms with Crippen LogP contribution in [0.4, 0.5) is 5.69 Å². The molecule has 0 radical (unpaired) electrons. The van der Waals surface area contributed by atoms with E-state index in [1.165, 1.54) is 24.3 Å². The zero-order valence-electron chi connectivity index (χ0n) is 13.1. The molecule has 2 aromatic carbocycles. The monoisotopic (exact) mass is 377 g/mol. The molecule has 0 atom stereocenters. The summed E-state index contributed by atoms with van der Waals surface area (Å²) in [5.41, 5.74) is 0.989. The zero-order chi connectivity index (χ0) is 17.1. The number of hydrogen-bond donors (Lipinski definition) is 3. The number of nitrogens with one attached hydrogen (secondary N) is 1. The Kier molecular flexibility index (Phi) is 5.15. The van der Waals surface area contributed by atoms with Crippen LogP contribution in [0, 0.1) is 5.41 Å². The van der Waals surface area contributed by atoms with Crippen molar-refractivity contribution in [1.82, 2.24) is 0 Å². The van der Waals surface area contributed by atoms with E-state index in [1.807, 2.05) is 44.2 Å². The molecule has 6 heteroatoms. The van der Waals surface area contributed by atoms with Crippen LogP contribution >= 0.6 is 0 Å². The van der Waals surface area contributed by atoms with Gasteiger partial charge in [-0.3, -0.25) is 0 Å². The quantitative estimate of drug-likeness (QED) is 0.689. The minimum atomic E-state index is -4.88. The van der Waals surface area contributed by atoms with Gasteiger partial charge in [-0.05, 0) is 0 Å². The Morgan fingerprint density at radius 3 is 2.13 bits per heavy atom. The molecule has 0 aromatic heterocycles. The Hall–Kier alpha value is -1.81. The second-order valence-corrected chi connectivity index (χ2v) is 9.46. The van der Waals surface area contributed by atoms with Crippen molar-refractivity contribution in [3.63, 3.8) is 0 Å². The fraction of sp³-hybridized carbons (Fsp3) is 0.235. The van der Waals surface area contributed by atoms with E-state index in [-0.39, 0.29) is 10.3 Å². The molecule has 5 nitrogen and oxygen atoms in total. The Morgan fingerprint density at radius 1 is 1.04 bits per heavy atom. The maximum atomic E-state index is 12.5. The average molecular weight is 377 g/mol. The molecule has 0 heterocycles. The molecule has 122 valence electrons. The summed E-state index contributed by atoms with van der Waals surface area (Å²) in [7, 11) is 0. The van der Waals surface area contributed by atoms with Gasteiger partial charge in [0.15, 0.2) is 0 Å². The van der Waals surface area contributed by atoms with Crippen LogP contribution in [0.25, 0.3) is 0 Å². The summed E-state index contributed by atoms with van der Waals surface area (Å²) in [5.74, 6) is -0.143. The van der Waals surface area contributed by atoms with E-state index >= 15 is 0 Å². The minimum absolute atomic E-state index is 0.00957. The number of carbonyl (C=O) groups is 1. The van der Waals surface area contributed by atoms with Crippen LogP contribution < -0.4 is 9.67 Å². The van der Waals surface area contributed by atoms with Gasteiger partial charge in [0, 0.05) is 0 Å². The fourth-order valence-electron chi connectivity index (χ4n) is 2.23. The molecule has 0 spiro atoms.